The van der Waals surface area contributed by atoms with E-state index in [4.69, 9.17) is 0 Å². The Balaban J connectivity index is 1.51. The van der Waals surface area contributed by atoms with Gasteiger partial charge in [0.2, 0.25) is 5.95 Å². The van der Waals surface area contributed by atoms with Crippen LogP contribution in [0.5, 0.6) is 0 Å². The number of rotatable bonds is 2. The Bertz CT molecular complexity index is 1780. The van der Waals surface area contributed by atoms with Gasteiger partial charge in [0.1, 0.15) is 18.3 Å². The maximum absolute atomic E-state index is 12.4. The van der Waals surface area contributed by atoms with E-state index in [1.165, 1.54) is 6.33 Å². The van der Waals surface area contributed by atoms with Crippen LogP contribution in [0.3, 0.4) is 0 Å². The molecule has 34 heavy (non-hydrogen) atoms. The van der Waals surface area contributed by atoms with Crippen LogP contribution in [0.15, 0.2) is 59.7 Å². The maximum atomic E-state index is 12.4. The fourth-order valence-corrected chi connectivity index (χ4v) is 5.40. The zero-order valence-corrected chi connectivity index (χ0v) is 17.6. The predicted molar refractivity (Wildman–Crippen MR) is 128 cm³/mol. The molecule has 0 aliphatic heterocycles. The smallest absolute Gasteiger partial charge is 0.278 e. The quantitative estimate of drug-likeness (QED) is 0.221. The van der Waals surface area contributed by atoms with Crippen LogP contribution in [0.2, 0.25) is 0 Å². The molecule has 4 atom stereocenters. The van der Waals surface area contributed by atoms with Crippen molar-refractivity contribution in [3.63, 3.8) is 0 Å². The van der Waals surface area contributed by atoms with Crippen LogP contribution < -0.4 is 10.9 Å². The van der Waals surface area contributed by atoms with Crippen molar-refractivity contribution in [2.45, 2.75) is 24.4 Å². The molecule has 2 heterocycles. The van der Waals surface area contributed by atoms with E-state index in [0.29, 0.717) is 11.1 Å². The first kappa shape index (κ1) is 19.4. The molecule has 0 spiro atoms. The molecule has 0 fully saturated rings. The van der Waals surface area contributed by atoms with Gasteiger partial charge >= 0.3 is 0 Å². The van der Waals surface area contributed by atoms with Crippen molar-refractivity contribution in [3.8, 4) is 0 Å². The Morgan fingerprint density at radius 1 is 0.912 bits per heavy atom. The van der Waals surface area contributed by atoms with Crippen LogP contribution >= 0.6 is 0 Å². The second-order valence-electron chi connectivity index (χ2n) is 8.80. The van der Waals surface area contributed by atoms with Crippen molar-refractivity contribution in [2.75, 3.05) is 5.32 Å². The van der Waals surface area contributed by atoms with E-state index in [2.05, 4.69) is 37.4 Å². The number of benzene rings is 4. The molecular weight excluding hydrogens is 434 g/mol. The van der Waals surface area contributed by atoms with Gasteiger partial charge in [-0.05, 0) is 49.5 Å². The van der Waals surface area contributed by atoms with E-state index >= 15 is 0 Å². The number of imidazole rings is 1. The van der Waals surface area contributed by atoms with Crippen molar-refractivity contribution in [1.82, 2.24) is 19.9 Å². The van der Waals surface area contributed by atoms with Crippen LogP contribution in [-0.2, 0) is 0 Å². The monoisotopic (exact) mass is 453 g/mol. The number of hydrogen-bond donors (Lipinski definition) is 6. The second-order valence-corrected chi connectivity index (χ2v) is 8.80. The number of hydrogen-bond acceptors (Lipinski definition) is 7. The van der Waals surface area contributed by atoms with Crippen molar-refractivity contribution < 1.29 is 15.3 Å². The highest BCUT2D eigenvalue weighted by atomic mass is 16.4. The SMILES string of the molecule is O=c1[nH]c(N[C@@H]2c3c(cc4ccc5cccc6ccc3c4c56)[C@H](O)[C@@H](O)[C@H]2O)nc2nc[nH]c12. The fourth-order valence-electron chi connectivity index (χ4n) is 5.40. The number of nitrogens with one attached hydrogen (secondary N) is 3. The first-order valence-electron chi connectivity index (χ1n) is 11.0. The van der Waals surface area contributed by atoms with Gasteiger partial charge in [0.15, 0.2) is 11.2 Å². The minimum Gasteiger partial charge on any atom is -0.388 e. The molecule has 2 aromatic heterocycles. The number of aromatic amines is 2. The number of fused-ring (bicyclic) bond motifs is 3. The normalized spacial score (nSPS) is 22.7. The Morgan fingerprint density at radius 3 is 2.50 bits per heavy atom. The van der Waals surface area contributed by atoms with Crippen molar-refractivity contribution >= 4 is 49.4 Å². The summed E-state index contributed by atoms with van der Waals surface area (Å²) in [7, 11) is 0. The molecule has 9 nitrogen and oxygen atoms in total. The number of H-pyrrole nitrogens is 2. The zero-order valence-electron chi connectivity index (χ0n) is 17.6. The predicted octanol–water partition coefficient (Wildman–Crippen LogP) is 2.47. The lowest BCUT2D eigenvalue weighted by molar-refractivity contribution is -0.0767. The summed E-state index contributed by atoms with van der Waals surface area (Å²) >= 11 is 0. The number of nitrogens with zero attached hydrogens (tertiary/aromatic N) is 2. The Hall–Kier alpha value is -4.05. The summed E-state index contributed by atoms with van der Waals surface area (Å²) in [5, 5.41) is 41.8. The van der Waals surface area contributed by atoms with Crippen molar-refractivity contribution in [3.05, 3.63) is 76.3 Å². The Kier molecular flexibility index (Phi) is 3.85. The topological polar surface area (TPSA) is 147 Å². The zero-order chi connectivity index (χ0) is 23.1. The summed E-state index contributed by atoms with van der Waals surface area (Å²) in [4.78, 5) is 26.2. The lowest BCUT2D eigenvalue weighted by Gasteiger charge is -2.38. The minimum absolute atomic E-state index is 0.105. The molecule has 1 aliphatic carbocycles. The summed E-state index contributed by atoms with van der Waals surface area (Å²) in [6.07, 6.45) is -2.68. The van der Waals surface area contributed by atoms with Crippen LogP contribution in [-0.4, -0.2) is 47.5 Å². The average Bonchev–Trinajstić information content (AvgIpc) is 3.33. The van der Waals surface area contributed by atoms with Crippen LogP contribution in [0.1, 0.15) is 23.3 Å². The molecule has 168 valence electrons. The number of aliphatic hydroxyl groups excluding tert-OH is 3. The summed E-state index contributed by atoms with van der Waals surface area (Å²) in [5.74, 6) is 0.105. The van der Waals surface area contributed by atoms with E-state index in [0.717, 1.165) is 32.3 Å². The highest BCUT2D eigenvalue weighted by molar-refractivity contribution is 6.24. The summed E-state index contributed by atoms with van der Waals surface area (Å²) in [6, 6.07) is 15.2. The van der Waals surface area contributed by atoms with Crippen LogP contribution in [0.4, 0.5) is 5.95 Å². The van der Waals surface area contributed by atoms with Gasteiger partial charge in [-0.3, -0.25) is 9.78 Å². The first-order valence-corrected chi connectivity index (χ1v) is 11.0. The van der Waals surface area contributed by atoms with Gasteiger partial charge in [0.25, 0.3) is 5.56 Å². The van der Waals surface area contributed by atoms with Gasteiger partial charge in [0.05, 0.1) is 12.4 Å². The number of anilines is 1. The summed E-state index contributed by atoms with van der Waals surface area (Å²) in [5.41, 5.74) is 1.23. The minimum atomic E-state index is -1.43. The van der Waals surface area contributed by atoms with Gasteiger partial charge in [-0.15, -0.1) is 0 Å². The largest absolute Gasteiger partial charge is 0.388 e. The third kappa shape index (κ3) is 2.51. The Labute approximate surface area is 191 Å². The lowest BCUT2D eigenvalue weighted by Crippen LogP contribution is -2.44. The molecule has 4 aromatic carbocycles. The highest BCUT2D eigenvalue weighted by Crippen LogP contribution is 2.46. The van der Waals surface area contributed by atoms with E-state index in [-0.39, 0.29) is 17.1 Å². The molecular formula is C25H19N5O4. The molecule has 6 aromatic rings. The fraction of sp³-hybridized carbons (Fsp3) is 0.160. The average molecular weight is 453 g/mol. The van der Waals surface area contributed by atoms with Gasteiger partial charge < -0.3 is 25.6 Å². The van der Waals surface area contributed by atoms with Crippen molar-refractivity contribution in [1.29, 1.82) is 0 Å². The Morgan fingerprint density at radius 2 is 1.68 bits per heavy atom. The molecule has 1 aliphatic rings. The highest BCUT2D eigenvalue weighted by Gasteiger charge is 2.42. The van der Waals surface area contributed by atoms with E-state index in [1.54, 1.807) is 0 Å². The lowest BCUT2D eigenvalue weighted by atomic mass is 9.77. The summed E-state index contributed by atoms with van der Waals surface area (Å²) in [6.45, 7) is 0. The third-order valence-electron chi connectivity index (χ3n) is 6.95. The number of aliphatic hydroxyl groups is 3. The number of aromatic nitrogens is 4. The third-order valence-corrected chi connectivity index (χ3v) is 6.95. The van der Waals surface area contributed by atoms with Crippen molar-refractivity contribution in [2.24, 2.45) is 0 Å². The molecule has 0 saturated heterocycles. The van der Waals surface area contributed by atoms with Crippen LogP contribution in [0.25, 0.3) is 43.5 Å². The van der Waals surface area contributed by atoms with Gasteiger partial charge in [-0.1, -0.05) is 42.5 Å². The molecule has 7 rings (SSSR count). The summed E-state index contributed by atoms with van der Waals surface area (Å²) < 4.78 is 0. The molecule has 0 unspecified atom stereocenters. The maximum Gasteiger partial charge on any atom is 0.278 e. The van der Waals surface area contributed by atoms with E-state index in [1.807, 2.05) is 36.4 Å². The van der Waals surface area contributed by atoms with E-state index in [9.17, 15) is 20.1 Å². The second kappa shape index (κ2) is 6.73. The molecule has 0 bridgehead atoms. The standard InChI is InChI=1S/C25H19N5O4/c31-20-14-8-12-5-4-10-2-1-3-11-6-7-13(16(12)15(10)11)17(14)18(21(32)22(20)33)28-25-29-23-19(24(34)30-25)26-9-27-23/h1-9,18,20-22,31-33H,(H3,26,27,28,29,30,34)/t18-,20+,21+,22-/m1/s1. The van der Waals surface area contributed by atoms with Gasteiger partial charge in [-0.2, -0.15) is 4.98 Å². The first-order chi connectivity index (χ1) is 16.5. The van der Waals surface area contributed by atoms with Gasteiger partial charge in [-0.25, -0.2) is 4.98 Å². The van der Waals surface area contributed by atoms with Gasteiger partial charge in [0, 0.05) is 0 Å². The van der Waals surface area contributed by atoms with E-state index < -0.39 is 29.9 Å². The molecule has 0 radical (unpaired) electrons. The molecule has 0 amide bonds. The van der Waals surface area contributed by atoms with Crippen LogP contribution in [0, 0.1) is 0 Å². The molecule has 9 heteroatoms. The molecule has 0 saturated carbocycles. The molecule has 6 N–H and O–H groups in total.